The third-order valence-electron chi connectivity index (χ3n) is 3.90. The van der Waals surface area contributed by atoms with Crippen LogP contribution in [0, 0.1) is 0 Å². The maximum absolute atomic E-state index is 9.10. The summed E-state index contributed by atoms with van der Waals surface area (Å²) in [5.41, 5.74) is 1.29. The molecule has 8 heteroatoms. The number of aliphatic carboxylic acids is 2. The highest BCUT2D eigenvalue weighted by atomic mass is 35.5. The number of piperazine rings is 1. The molecule has 1 aromatic carbocycles. The molecule has 1 saturated heterocycles. The normalized spacial score (nSPS) is 15.1. The Morgan fingerprint density at radius 1 is 0.962 bits per heavy atom. The zero-order valence-electron chi connectivity index (χ0n) is 14.2. The maximum atomic E-state index is 9.10. The van der Waals surface area contributed by atoms with Crippen molar-refractivity contribution in [1.82, 2.24) is 9.80 Å². The Bertz CT molecular complexity index is 700. The molecule has 0 atom stereocenters. The molecule has 0 spiro atoms. The van der Waals surface area contributed by atoms with Crippen molar-refractivity contribution in [3.63, 3.8) is 0 Å². The first-order chi connectivity index (χ1) is 12.4. The molecule has 1 aliphatic heterocycles. The van der Waals surface area contributed by atoms with Gasteiger partial charge in [-0.05, 0) is 29.8 Å². The fourth-order valence-electron chi connectivity index (χ4n) is 2.62. The first kappa shape index (κ1) is 20.0. The van der Waals surface area contributed by atoms with Gasteiger partial charge in [0.05, 0.1) is 12.8 Å². The Hall–Kier alpha value is -2.35. The van der Waals surface area contributed by atoms with E-state index in [-0.39, 0.29) is 0 Å². The van der Waals surface area contributed by atoms with Crippen molar-refractivity contribution in [3.05, 3.63) is 59.0 Å². The third-order valence-corrected chi connectivity index (χ3v) is 4.14. The van der Waals surface area contributed by atoms with Gasteiger partial charge >= 0.3 is 11.9 Å². The van der Waals surface area contributed by atoms with Crippen LogP contribution in [0.15, 0.2) is 47.1 Å². The SMILES string of the molecule is Clc1cccc(CN2CCN(Cc3ccco3)CC2)c1.O=C(O)C(=O)O. The standard InChI is InChI=1S/C16H19ClN2O.C2H2O4/c17-15-4-1-3-14(11-15)12-18-6-8-19(9-7-18)13-16-5-2-10-20-16;3-1(4)2(5)6/h1-5,10-11H,6-9,12-13H2;(H,3,4)(H,5,6). The zero-order chi connectivity index (χ0) is 18.9. The van der Waals surface area contributed by atoms with Gasteiger partial charge in [0, 0.05) is 37.7 Å². The minimum atomic E-state index is -1.82. The first-order valence-electron chi connectivity index (χ1n) is 8.12. The molecule has 3 rings (SSSR count). The summed E-state index contributed by atoms with van der Waals surface area (Å²) in [5, 5.41) is 15.6. The summed E-state index contributed by atoms with van der Waals surface area (Å²) in [6, 6.07) is 12.1. The summed E-state index contributed by atoms with van der Waals surface area (Å²) in [6.07, 6.45) is 1.74. The number of carboxylic acids is 2. The van der Waals surface area contributed by atoms with Crippen LogP contribution in [0.5, 0.6) is 0 Å². The van der Waals surface area contributed by atoms with E-state index in [2.05, 4.69) is 21.9 Å². The van der Waals surface area contributed by atoms with Crippen molar-refractivity contribution in [2.24, 2.45) is 0 Å². The van der Waals surface area contributed by atoms with Gasteiger partial charge in [-0.2, -0.15) is 0 Å². The lowest BCUT2D eigenvalue weighted by atomic mass is 10.2. The molecule has 7 nitrogen and oxygen atoms in total. The van der Waals surface area contributed by atoms with Gasteiger partial charge in [0.1, 0.15) is 5.76 Å². The molecule has 0 radical (unpaired) electrons. The summed E-state index contributed by atoms with van der Waals surface area (Å²) < 4.78 is 5.40. The van der Waals surface area contributed by atoms with E-state index in [1.165, 1.54) is 5.56 Å². The summed E-state index contributed by atoms with van der Waals surface area (Å²) >= 11 is 6.03. The largest absolute Gasteiger partial charge is 0.473 e. The molecule has 1 aromatic heterocycles. The Balaban J connectivity index is 0.000000352. The Morgan fingerprint density at radius 3 is 2.08 bits per heavy atom. The lowest BCUT2D eigenvalue weighted by Gasteiger charge is -2.34. The average molecular weight is 381 g/mol. The summed E-state index contributed by atoms with van der Waals surface area (Å²) in [4.78, 5) is 23.1. The number of furan rings is 1. The van der Waals surface area contributed by atoms with Crippen LogP contribution in [0.25, 0.3) is 0 Å². The molecule has 0 aliphatic carbocycles. The van der Waals surface area contributed by atoms with Crippen molar-refractivity contribution < 1.29 is 24.2 Å². The van der Waals surface area contributed by atoms with Crippen LogP contribution < -0.4 is 0 Å². The minimum absolute atomic E-state index is 0.818. The van der Waals surface area contributed by atoms with Crippen LogP contribution in [0.2, 0.25) is 5.02 Å². The van der Waals surface area contributed by atoms with Crippen molar-refractivity contribution in [3.8, 4) is 0 Å². The second-order valence-corrected chi connectivity index (χ2v) is 6.31. The molecule has 1 fully saturated rings. The smallest absolute Gasteiger partial charge is 0.414 e. The Labute approximate surface area is 156 Å². The van der Waals surface area contributed by atoms with Crippen LogP contribution >= 0.6 is 11.6 Å². The van der Waals surface area contributed by atoms with Crippen LogP contribution in [-0.4, -0.2) is 58.1 Å². The molecule has 2 N–H and O–H groups in total. The Kier molecular flexibility index (Phi) is 7.65. The van der Waals surface area contributed by atoms with Crippen LogP contribution in [-0.2, 0) is 22.7 Å². The van der Waals surface area contributed by atoms with Gasteiger partial charge in [-0.3, -0.25) is 9.80 Å². The molecule has 2 aromatic rings. The molecule has 26 heavy (non-hydrogen) atoms. The summed E-state index contributed by atoms with van der Waals surface area (Å²) in [5.74, 6) is -2.60. The van der Waals surface area contributed by atoms with Gasteiger partial charge in [0.2, 0.25) is 0 Å². The van der Waals surface area contributed by atoms with Crippen LogP contribution in [0.3, 0.4) is 0 Å². The number of halogens is 1. The number of hydrogen-bond acceptors (Lipinski definition) is 5. The van der Waals surface area contributed by atoms with Crippen molar-refractivity contribution in [2.75, 3.05) is 26.2 Å². The van der Waals surface area contributed by atoms with E-state index in [9.17, 15) is 0 Å². The average Bonchev–Trinajstić information content (AvgIpc) is 3.10. The van der Waals surface area contributed by atoms with E-state index in [0.717, 1.165) is 50.1 Å². The maximum Gasteiger partial charge on any atom is 0.414 e. The highest BCUT2D eigenvalue weighted by Gasteiger charge is 2.17. The van der Waals surface area contributed by atoms with E-state index < -0.39 is 11.9 Å². The highest BCUT2D eigenvalue weighted by Crippen LogP contribution is 2.15. The summed E-state index contributed by atoms with van der Waals surface area (Å²) in [7, 11) is 0. The number of hydrogen-bond donors (Lipinski definition) is 2. The molecule has 0 bridgehead atoms. The lowest BCUT2D eigenvalue weighted by molar-refractivity contribution is -0.159. The quantitative estimate of drug-likeness (QED) is 0.786. The highest BCUT2D eigenvalue weighted by molar-refractivity contribution is 6.30. The molecule has 0 amide bonds. The zero-order valence-corrected chi connectivity index (χ0v) is 14.9. The number of carbonyl (C=O) groups is 2. The molecule has 0 unspecified atom stereocenters. The van der Waals surface area contributed by atoms with Crippen molar-refractivity contribution >= 4 is 23.5 Å². The van der Waals surface area contributed by atoms with Crippen molar-refractivity contribution in [2.45, 2.75) is 13.1 Å². The monoisotopic (exact) mass is 380 g/mol. The van der Waals surface area contributed by atoms with Crippen LogP contribution in [0.4, 0.5) is 0 Å². The molecule has 1 aliphatic rings. The van der Waals surface area contributed by atoms with Gasteiger partial charge < -0.3 is 14.6 Å². The second kappa shape index (κ2) is 9.96. The van der Waals surface area contributed by atoms with Gasteiger partial charge in [-0.1, -0.05) is 23.7 Å². The summed E-state index contributed by atoms with van der Waals surface area (Å²) in [6.45, 7) is 6.25. The fourth-order valence-corrected chi connectivity index (χ4v) is 2.83. The molecular weight excluding hydrogens is 360 g/mol. The molecule has 2 heterocycles. The van der Waals surface area contributed by atoms with Crippen molar-refractivity contribution in [1.29, 1.82) is 0 Å². The predicted octanol–water partition coefficient (Wildman–Crippen LogP) is 2.41. The van der Waals surface area contributed by atoms with E-state index in [1.807, 2.05) is 24.3 Å². The first-order valence-corrected chi connectivity index (χ1v) is 8.49. The third kappa shape index (κ3) is 6.87. The number of nitrogens with zero attached hydrogens (tertiary/aromatic N) is 2. The minimum Gasteiger partial charge on any atom is -0.473 e. The number of benzene rings is 1. The molecule has 140 valence electrons. The fraction of sp³-hybridized carbons (Fsp3) is 0.333. The molecular formula is C18H21ClN2O5. The predicted molar refractivity (Wildman–Crippen MR) is 96.0 cm³/mol. The van der Waals surface area contributed by atoms with E-state index in [1.54, 1.807) is 6.26 Å². The van der Waals surface area contributed by atoms with Crippen LogP contribution in [0.1, 0.15) is 11.3 Å². The van der Waals surface area contributed by atoms with E-state index in [4.69, 9.17) is 35.8 Å². The van der Waals surface area contributed by atoms with Gasteiger partial charge in [-0.25, -0.2) is 9.59 Å². The number of carboxylic acid groups (broad SMARTS) is 2. The van der Waals surface area contributed by atoms with E-state index >= 15 is 0 Å². The van der Waals surface area contributed by atoms with Gasteiger partial charge in [0.25, 0.3) is 0 Å². The second-order valence-electron chi connectivity index (χ2n) is 5.87. The topological polar surface area (TPSA) is 94.2 Å². The lowest BCUT2D eigenvalue weighted by Crippen LogP contribution is -2.45. The van der Waals surface area contributed by atoms with Gasteiger partial charge in [-0.15, -0.1) is 0 Å². The van der Waals surface area contributed by atoms with Gasteiger partial charge in [0.15, 0.2) is 0 Å². The number of rotatable bonds is 4. The van der Waals surface area contributed by atoms with E-state index in [0.29, 0.717) is 0 Å². The Morgan fingerprint density at radius 2 is 1.58 bits per heavy atom. The molecule has 0 saturated carbocycles.